The molecule has 4 nitrogen and oxygen atoms in total. The lowest BCUT2D eigenvalue weighted by Gasteiger charge is -2.23. The second-order valence-electron chi connectivity index (χ2n) is 6.34. The van der Waals surface area contributed by atoms with Crippen LogP contribution in [-0.2, 0) is 13.0 Å². The van der Waals surface area contributed by atoms with Crippen molar-refractivity contribution in [3.05, 3.63) is 71.7 Å². The van der Waals surface area contributed by atoms with Crippen molar-refractivity contribution in [3.8, 4) is 11.3 Å². The molecular weight excluding hydrogens is 298 g/mol. The van der Waals surface area contributed by atoms with Crippen molar-refractivity contribution in [3.63, 3.8) is 0 Å². The zero-order valence-corrected chi connectivity index (χ0v) is 14.4. The second kappa shape index (κ2) is 7.41. The molecule has 2 heterocycles. The lowest BCUT2D eigenvalue weighted by Crippen LogP contribution is -2.30. The smallest absolute Gasteiger partial charge is 0.151 e. The third kappa shape index (κ3) is 4.09. The zero-order chi connectivity index (χ0) is 16.9. The molecule has 3 rings (SSSR count). The fourth-order valence-corrected chi connectivity index (χ4v) is 2.70. The molecule has 0 radical (unpaired) electrons. The Morgan fingerprint density at radius 3 is 2.67 bits per heavy atom. The van der Waals surface area contributed by atoms with Crippen LogP contribution in [0, 0.1) is 6.92 Å². The van der Waals surface area contributed by atoms with E-state index in [1.165, 1.54) is 5.56 Å². The van der Waals surface area contributed by atoms with Crippen LogP contribution in [0.3, 0.4) is 0 Å². The topological polar surface area (TPSA) is 42.2 Å². The summed E-state index contributed by atoms with van der Waals surface area (Å²) in [6.07, 6.45) is 2.79. The van der Waals surface area contributed by atoms with Gasteiger partial charge in [0.2, 0.25) is 0 Å². The van der Waals surface area contributed by atoms with Crippen LogP contribution in [0.4, 0.5) is 0 Å². The van der Waals surface area contributed by atoms with Gasteiger partial charge in [0, 0.05) is 36.0 Å². The minimum absolute atomic E-state index is 0.365. The lowest BCUT2D eigenvalue weighted by molar-refractivity contribution is 0.217. The first-order valence-electron chi connectivity index (χ1n) is 8.24. The van der Waals surface area contributed by atoms with Gasteiger partial charge in [-0.3, -0.25) is 9.88 Å². The van der Waals surface area contributed by atoms with Gasteiger partial charge in [0.15, 0.2) is 5.76 Å². The minimum atomic E-state index is 0.365. The molecule has 124 valence electrons. The average molecular weight is 321 g/mol. The summed E-state index contributed by atoms with van der Waals surface area (Å²) < 4.78 is 5.50. The van der Waals surface area contributed by atoms with Crippen LogP contribution in [0.1, 0.15) is 23.9 Å². The van der Waals surface area contributed by atoms with Crippen molar-refractivity contribution < 1.29 is 4.52 Å². The molecule has 0 spiro atoms. The Morgan fingerprint density at radius 2 is 1.92 bits per heavy atom. The summed E-state index contributed by atoms with van der Waals surface area (Å²) in [6.45, 7) is 5.03. The summed E-state index contributed by atoms with van der Waals surface area (Å²) in [7, 11) is 2.10. The number of hydrogen-bond acceptors (Lipinski definition) is 4. The van der Waals surface area contributed by atoms with Crippen molar-refractivity contribution >= 4 is 0 Å². The van der Waals surface area contributed by atoms with Gasteiger partial charge in [-0.15, -0.1) is 0 Å². The van der Waals surface area contributed by atoms with Crippen LogP contribution in [0.25, 0.3) is 11.3 Å². The number of benzene rings is 1. The SMILES string of the molecule is Cc1ccnc(CC(C)N(C)Cc2cc(-c3ccccc3)no2)c1. The van der Waals surface area contributed by atoms with E-state index >= 15 is 0 Å². The van der Waals surface area contributed by atoms with E-state index in [9.17, 15) is 0 Å². The maximum atomic E-state index is 5.50. The van der Waals surface area contributed by atoms with Crippen LogP contribution < -0.4 is 0 Å². The van der Waals surface area contributed by atoms with Crippen LogP contribution >= 0.6 is 0 Å². The summed E-state index contributed by atoms with van der Waals surface area (Å²) in [6, 6.07) is 16.6. The predicted molar refractivity (Wildman–Crippen MR) is 95.5 cm³/mol. The Morgan fingerprint density at radius 1 is 1.12 bits per heavy atom. The molecule has 0 saturated carbocycles. The van der Waals surface area contributed by atoms with E-state index in [1.807, 2.05) is 48.7 Å². The number of aromatic nitrogens is 2. The third-order valence-electron chi connectivity index (χ3n) is 4.26. The molecular formula is C20H23N3O. The molecule has 0 saturated heterocycles. The lowest BCUT2D eigenvalue weighted by atomic mass is 10.1. The standard InChI is InChI=1S/C20H23N3O/c1-15-9-10-21-18(11-15)12-16(2)23(3)14-19-13-20(22-24-19)17-7-5-4-6-8-17/h4-11,13,16H,12,14H2,1-3H3. The molecule has 4 heteroatoms. The van der Waals surface area contributed by atoms with Crippen molar-refractivity contribution in [2.24, 2.45) is 0 Å². The van der Waals surface area contributed by atoms with E-state index in [2.05, 4.69) is 42.0 Å². The van der Waals surface area contributed by atoms with Crippen molar-refractivity contribution in [2.45, 2.75) is 32.9 Å². The van der Waals surface area contributed by atoms with Gasteiger partial charge in [-0.05, 0) is 38.6 Å². The predicted octanol–water partition coefficient (Wildman–Crippen LogP) is 4.11. The summed E-state index contributed by atoms with van der Waals surface area (Å²) >= 11 is 0. The fraction of sp³-hybridized carbons (Fsp3) is 0.300. The number of aryl methyl sites for hydroxylation is 1. The summed E-state index contributed by atoms with van der Waals surface area (Å²) in [5.41, 5.74) is 4.33. The summed E-state index contributed by atoms with van der Waals surface area (Å²) in [5, 5.41) is 4.18. The van der Waals surface area contributed by atoms with Gasteiger partial charge in [0.1, 0.15) is 5.69 Å². The van der Waals surface area contributed by atoms with E-state index in [1.54, 1.807) is 0 Å². The Balaban J connectivity index is 1.62. The first-order valence-corrected chi connectivity index (χ1v) is 8.24. The highest BCUT2D eigenvalue weighted by Crippen LogP contribution is 2.20. The van der Waals surface area contributed by atoms with Gasteiger partial charge in [-0.25, -0.2) is 0 Å². The Kier molecular flexibility index (Phi) is 5.06. The highest BCUT2D eigenvalue weighted by atomic mass is 16.5. The molecule has 1 atom stereocenters. The molecule has 0 amide bonds. The first kappa shape index (κ1) is 16.4. The van der Waals surface area contributed by atoms with Crippen molar-refractivity contribution in [1.29, 1.82) is 0 Å². The molecule has 1 aromatic carbocycles. The molecule has 0 N–H and O–H groups in total. The largest absolute Gasteiger partial charge is 0.359 e. The normalized spacial score (nSPS) is 12.5. The van der Waals surface area contributed by atoms with E-state index in [0.717, 1.165) is 35.7 Å². The number of pyridine rings is 1. The third-order valence-corrected chi connectivity index (χ3v) is 4.26. The molecule has 24 heavy (non-hydrogen) atoms. The molecule has 0 aliphatic heterocycles. The molecule has 3 aromatic rings. The molecule has 1 unspecified atom stereocenters. The number of hydrogen-bond donors (Lipinski definition) is 0. The monoisotopic (exact) mass is 321 g/mol. The van der Waals surface area contributed by atoms with Crippen LogP contribution in [0.2, 0.25) is 0 Å². The Labute approximate surface area is 143 Å². The molecule has 0 aliphatic rings. The van der Waals surface area contributed by atoms with Crippen LogP contribution in [0.5, 0.6) is 0 Å². The van der Waals surface area contributed by atoms with Gasteiger partial charge >= 0.3 is 0 Å². The minimum Gasteiger partial charge on any atom is -0.359 e. The van der Waals surface area contributed by atoms with Crippen LogP contribution in [-0.4, -0.2) is 28.1 Å². The van der Waals surface area contributed by atoms with E-state index in [0.29, 0.717) is 6.04 Å². The second-order valence-corrected chi connectivity index (χ2v) is 6.34. The fourth-order valence-electron chi connectivity index (χ4n) is 2.70. The van der Waals surface area contributed by atoms with Gasteiger partial charge in [0.25, 0.3) is 0 Å². The Hall–Kier alpha value is -2.46. The molecule has 2 aromatic heterocycles. The Bertz CT molecular complexity index is 782. The number of rotatable bonds is 6. The van der Waals surface area contributed by atoms with Crippen LogP contribution in [0.15, 0.2) is 59.3 Å². The molecule has 0 fully saturated rings. The van der Waals surface area contributed by atoms with Crippen molar-refractivity contribution in [2.75, 3.05) is 7.05 Å². The van der Waals surface area contributed by atoms with Gasteiger partial charge in [-0.1, -0.05) is 35.5 Å². The zero-order valence-electron chi connectivity index (χ0n) is 14.4. The highest BCUT2D eigenvalue weighted by molar-refractivity contribution is 5.58. The van der Waals surface area contributed by atoms with Gasteiger partial charge in [0.05, 0.1) is 6.54 Å². The molecule has 0 bridgehead atoms. The average Bonchev–Trinajstić information content (AvgIpc) is 3.04. The quantitative estimate of drug-likeness (QED) is 0.685. The highest BCUT2D eigenvalue weighted by Gasteiger charge is 2.14. The van der Waals surface area contributed by atoms with E-state index in [4.69, 9.17) is 4.52 Å². The summed E-state index contributed by atoms with van der Waals surface area (Å²) in [4.78, 5) is 6.71. The summed E-state index contributed by atoms with van der Waals surface area (Å²) in [5.74, 6) is 0.875. The number of nitrogens with zero attached hydrogens (tertiary/aromatic N) is 3. The van der Waals surface area contributed by atoms with E-state index in [-0.39, 0.29) is 0 Å². The maximum Gasteiger partial charge on any atom is 0.151 e. The maximum absolute atomic E-state index is 5.50. The van der Waals surface area contributed by atoms with Gasteiger partial charge in [-0.2, -0.15) is 0 Å². The molecule has 0 aliphatic carbocycles. The van der Waals surface area contributed by atoms with Gasteiger partial charge < -0.3 is 4.52 Å². The number of likely N-dealkylation sites (N-methyl/N-ethyl adjacent to an activating group) is 1. The van der Waals surface area contributed by atoms with Crippen molar-refractivity contribution in [1.82, 2.24) is 15.0 Å². The first-order chi connectivity index (χ1) is 11.6. The van der Waals surface area contributed by atoms with E-state index < -0.39 is 0 Å².